The zero-order valence-electron chi connectivity index (χ0n) is 13.8. The molecule has 0 radical (unpaired) electrons. The van der Waals surface area contributed by atoms with Crippen molar-refractivity contribution in [1.82, 2.24) is 4.90 Å². The Morgan fingerprint density at radius 3 is 2.54 bits per heavy atom. The van der Waals surface area contributed by atoms with E-state index in [0.717, 1.165) is 6.42 Å². The van der Waals surface area contributed by atoms with Crippen LogP contribution in [-0.2, 0) is 4.79 Å². The number of rotatable bonds is 10. The predicted octanol–water partition coefficient (Wildman–Crippen LogP) is 3.60. The topological polar surface area (TPSA) is 72.7 Å². The van der Waals surface area contributed by atoms with Crippen LogP contribution in [0.1, 0.15) is 18.9 Å². The van der Waals surface area contributed by atoms with Crippen LogP contribution in [0, 0.1) is 10.1 Å². The third kappa shape index (κ3) is 5.72. The van der Waals surface area contributed by atoms with Crippen molar-refractivity contribution in [3.63, 3.8) is 0 Å². The van der Waals surface area contributed by atoms with Crippen molar-refractivity contribution in [3.05, 3.63) is 65.3 Å². The molecule has 24 heavy (non-hydrogen) atoms. The Kier molecular flexibility index (Phi) is 7.98. The van der Waals surface area contributed by atoms with Gasteiger partial charge in [0.2, 0.25) is 5.91 Å². The second kappa shape index (κ2) is 9.99. The lowest BCUT2D eigenvalue weighted by molar-refractivity contribution is -0.385. The van der Waals surface area contributed by atoms with Gasteiger partial charge in [-0.2, -0.15) is 0 Å². The molecule has 6 heteroatoms. The third-order valence-corrected chi connectivity index (χ3v) is 3.07. The highest BCUT2D eigenvalue weighted by Gasteiger charge is 2.15. The van der Waals surface area contributed by atoms with E-state index >= 15 is 0 Å². The highest BCUT2D eigenvalue weighted by Crippen LogP contribution is 2.28. The van der Waals surface area contributed by atoms with Gasteiger partial charge in [0.05, 0.1) is 11.5 Å². The fourth-order valence-electron chi connectivity index (χ4n) is 1.95. The van der Waals surface area contributed by atoms with E-state index in [0.29, 0.717) is 25.3 Å². The lowest BCUT2D eigenvalue weighted by Crippen LogP contribution is -2.29. The van der Waals surface area contributed by atoms with Gasteiger partial charge in [0, 0.05) is 25.2 Å². The molecule has 0 heterocycles. The number of nitro groups is 1. The molecule has 1 aromatic carbocycles. The summed E-state index contributed by atoms with van der Waals surface area (Å²) in [6, 6.07) is 4.61. The second-order valence-electron chi connectivity index (χ2n) is 4.99. The molecule has 128 valence electrons. The first-order valence-corrected chi connectivity index (χ1v) is 7.63. The second-order valence-corrected chi connectivity index (χ2v) is 4.99. The summed E-state index contributed by atoms with van der Waals surface area (Å²) in [4.78, 5) is 24.3. The molecule has 0 fully saturated rings. The highest BCUT2D eigenvalue weighted by atomic mass is 16.6. The van der Waals surface area contributed by atoms with E-state index in [-0.39, 0.29) is 17.3 Å². The molecule has 0 aliphatic carbocycles. The molecule has 1 rings (SSSR count). The summed E-state index contributed by atoms with van der Waals surface area (Å²) in [6.07, 6.45) is 6.92. The maximum Gasteiger partial charge on any atom is 0.311 e. The number of hydrogen-bond acceptors (Lipinski definition) is 4. The zero-order chi connectivity index (χ0) is 17.9. The Morgan fingerprint density at radius 2 is 2.00 bits per heavy atom. The van der Waals surface area contributed by atoms with Crippen LogP contribution in [0.25, 0.3) is 6.08 Å². The smallest absolute Gasteiger partial charge is 0.311 e. The van der Waals surface area contributed by atoms with Gasteiger partial charge in [0.15, 0.2) is 5.75 Å². The first-order valence-electron chi connectivity index (χ1n) is 7.63. The van der Waals surface area contributed by atoms with Crippen molar-refractivity contribution in [1.29, 1.82) is 0 Å². The van der Waals surface area contributed by atoms with Crippen LogP contribution in [0.2, 0.25) is 0 Å². The summed E-state index contributed by atoms with van der Waals surface area (Å²) in [5.41, 5.74) is 0.433. The minimum Gasteiger partial charge on any atom is -0.487 e. The molecule has 0 aliphatic heterocycles. The zero-order valence-corrected chi connectivity index (χ0v) is 13.8. The Bertz CT molecular complexity index is 628. The normalized spacial score (nSPS) is 10.4. The summed E-state index contributed by atoms with van der Waals surface area (Å²) in [6.45, 7) is 10.4. The maximum atomic E-state index is 12.1. The summed E-state index contributed by atoms with van der Waals surface area (Å²) < 4.78 is 5.37. The van der Waals surface area contributed by atoms with E-state index in [2.05, 4.69) is 13.2 Å². The average Bonchev–Trinajstić information content (AvgIpc) is 2.57. The lowest BCUT2D eigenvalue weighted by atomic mass is 10.1. The highest BCUT2D eigenvalue weighted by molar-refractivity contribution is 5.92. The van der Waals surface area contributed by atoms with E-state index < -0.39 is 4.92 Å². The number of benzene rings is 1. The standard InChI is InChI=1S/C18H22N2O4/c1-4-11-19(12-5-2)18(21)10-8-15-7-9-17(24-13-6-3)16(14-15)20(22)23/h4-5,7-10,14H,1-2,6,11-13H2,3H3/b10-8+. The van der Waals surface area contributed by atoms with Crippen LogP contribution in [0.4, 0.5) is 5.69 Å². The first-order chi connectivity index (χ1) is 11.5. The van der Waals surface area contributed by atoms with Gasteiger partial charge >= 0.3 is 5.69 Å². The Hall–Kier alpha value is -2.89. The minimum absolute atomic E-state index is 0.118. The molecule has 1 amide bonds. The molecule has 0 aromatic heterocycles. The van der Waals surface area contributed by atoms with Gasteiger partial charge in [-0.15, -0.1) is 13.2 Å². The van der Waals surface area contributed by atoms with Gasteiger partial charge in [0.1, 0.15) is 0 Å². The number of nitrogens with zero attached hydrogens (tertiary/aromatic N) is 2. The number of nitro benzene ring substituents is 1. The van der Waals surface area contributed by atoms with E-state index in [1.807, 2.05) is 6.92 Å². The maximum absolute atomic E-state index is 12.1. The summed E-state index contributed by atoms with van der Waals surface area (Å²) in [7, 11) is 0. The van der Waals surface area contributed by atoms with Crippen LogP contribution in [0.3, 0.4) is 0 Å². The molecule has 0 spiro atoms. The SMILES string of the molecule is C=CCN(CC=C)C(=O)/C=C/c1ccc(OCCC)c([N+](=O)[O-])c1. The molecule has 6 nitrogen and oxygen atoms in total. The number of hydrogen-bond donors (Lipinski definition) is 0. The van der Waals surface area contributed by atoms with E-state index in [4.69, 9.17) is 4.74 Å². The van der Waals surface area contributed by atoms with Crippen molar-refractivity contribution in [2.45, 2.75) is 13.3 Å². The lowest BCUT2D eigenvalue weighted by Gasteiger charge is -2.16. The van der Waals surface area contributed by atoms with E-state index in [1.54, 1.807) is 29.2 Å². The van der Waals surface area contributed by atoms with Crippen LogP contribution < -0.4 is 4.74 Å². The molecule has 0 aliphatic rings. The number of carbonyl (C=O) groups excluding carboxylic acids is 1. The Balaban J connectivity index is 2.95. The van der Waals surface area contributed by atoms with Crippen molar-refractivity contribution < 1.29 is 14.5 Å². The predicted molar refractivity (Wildman–Crippen MR) is 94.9 cm³/mol. The van der Waals surface area contributed by atoms with Crippen LogP contribution in [0.5, 0.6) is 5.75 Å². The molecule has 0 N–H and O–H groups in total. The number of carbonyl (C=O) groups is 1. The minimum atomic E-state index is -0.494. The van der Waals surface area contributed by atoms with Crippen LogP contribution in [-0.4, -0.2) is 35.4 Å². The molecule has 0 atom stereocenters. The summed E-state index contributed by atoms with van der Waals surface area (Å²) in [5, 5.41) is 11.2. The molecule has 0 bridgehead atoms. The Labute approximate surface area is 141 Å². The van der Waals surface area contributed by atoms with Gasteiger partial charge in [-0.05, 0) is 24.1 Å². The van der Waals surface area contributed by atoms with E-state index in [9.17, 15) is 14.9 Å². The van der Waals surface area contributed by atoms with Gasteiger partial charge in [-0.25, -0.2) is 0 Å². The molecule has 0 saturated carbocycles. The molecular weight excluding hydrogens is 308 g/mol. The van der Waals surface area contributed by atoms with Gasteiger partial charge in [0.25, 0.3) is 0 Å². The fourth-order valence-corrected chi connectivity index (χ4v) is 1.95. The van der Waals surface area contributed by atoms with Crippen LogP contribution >= 0.6 is 0 Å². The van der Waals surface area contributed by atoms with Crippen molar-refractivity contribution in [2.75, 3.05) is 19.7 Å². The van der Waals surface area contributed by atoms with Crippen LogP contribution in [0.15, 0.2) is 49.6 Å². The van der Waals surface area contributed by atoms with Gasteiger partial charge < -0.3 is 9.64 Å². The van der Waals surface area contributed by atoms with Gasteiger partial charge in [-0.3, -0.25) is 14.9 Å². The third-order valence-electron chi connectivity index (χ3n) is 3.07. The number of ether oxygens (including phenoxy) is 1. The Morgan fingerprint density at radius 1 is 1.33 bits per heavy atom. The fraction of sp³-hybridized carbons (Fsp3) is 0.278. The quantitative estimate of drug-likeness (QED) is 0.284. The average molecular weight is 330 g/mol. The van der Waals surface area contributed by atoms with Crippen molar-refractivity contribution in [3.8, 4) is 5.75 Å². The molecule has 0 unspecified atom stereocenters. The molecule has 1 aromatic rings. The van der Waals surface area contributed by atoms with E-state index in [1.165, 1.54) is 18.2 Å². The number of amides is 1. The first kappa shape index (κ1) is 19.2. The summed E-state index contributed by atoms with van der Waals surface area (Å²) in [5.74, 6) is 0.00836. The molecular formula is C18H22N2O4. The van der Waals surface area contributed by atoms with Crippen molar-refractivity contribution in [2.24, 2.45) is 0 Å². The monoisotopic (exact) mass is 330 g/mol. The summed E-state index contributed by atoms with van der Waals surface area (Å²) >= 11 is 0. The molecule has 0 saturated heterocycles. The van der Waals surface area contributed by atoms with Crippen molar-refractivity contribution >= 4 is 17.7 Å². The van der Waals surface area contributed by atoms with Gasteiger partial charge in [-0.1, -0.05) is 25.1 Å². The largest absolute Gasteiger partial charge is 0.487 e.